The fourth-order valence-electron chi connectivity index (χ4n) is 6.32. The molecule has 3 nitrogen and oxygen atoms in total. The third kappa shape index (κ3) is 8.10. The number of pyridine rings is 2. The molecule has 0 fully saturated rings. The summed E-state index contributed by atoms with van der Waals surface area (Å²) in [5.41, 5.74) is 8.95. The Morgan fingerprint density at radius 1 is 0.784 bits per heavy atom. The number of aromatic nitrogens is 2. The molecule has 1 radical (unpaired) electrons. The van der Waals surface area contributed by atoms with Gasteiger partial charge in [0.2, 0.25) is 0 Å². The number of nitrogens with zero attached hydrogens (tertiary/aromatic N) is 2. The molecule has 51 heavy (non-hydrogen) atoms. The maximum atomic E-state index is 8.54. The fourth-order valence-corrected chi connectivity index (χ4v) is 8.49. The number of hydrogen-bond donors (Lipinski definition) is 0. The standard InChI is InChI=1S/C32H26NO.C14H16GeN.Ir/c1-20(2)15-22-13-14-33-30(18-22)29-17-21(3)16-28-27-19-24(11-12-31(27)34-32(28)29)26-10-6-8-23-7-4-5-9-25(23)26;1-15(2,3)13-9-10-14(16-11-13)12-7-5-4-6-8-12;/h4-14,16,18-20H,15H2,1-3H3;4-7,9-11H,1-3H3;/q2*-1;/i15D2;;. The van der Waals surface area contributed by atoms with Gasteiger partial charge in [0.1, 0.15) is 5.58 Å². The maximum Gasteiger partial charge on any atom is 0 e. The number of fused-ring (bicyclic) bond motifs is 4. The van der Waals surface area contributed by atoms with Crippen molar-refractivity contribution in [3.05, 3.63) is 151 Å². The first-order chi connectivity index (χ1) is 24.9. The minimum absolute atomic E-state index is 0. The summed E-state index contributed by atoms with van der Waals surface area (Å²) < 4.78 is 24.9. The van der Waals surface area contributed by atoms with Crippen LogP contribution in [0.25, 0.3) is 66.4 Å². The van der Waals surface area contributed by atoms with Crippen LogP contribution in [0.1, 0.15) is 27.7 Å². The van der Waals surface area contributed by atoms with E-state index in [0.29, 0.717) is 11.3 Å². The summed E-state index contributed by atoms with van der Waals surface area (Å²) in [6.07, 6.45) is 2.26. The van der Waals surface area contributed by atoms with E-state index in [2.05, 4.69) is 112 Å². The number of furan rings is 1. The predicted octanol–water partition coefficient (Wildman–Crippen LogP) is 11.9. The molecule has 0 N–H and O–H groups in total. The molecule has 0 unspecified atom stereocenters. The van der Waals surface area contributed by atoms with Crippen LogP contribution in [0, 0.1) is 25.0 Å². The van der Waals surface area contributed by atoms with Crippen molar-refractivity contribution in [2.75, 3.05) is 0 Å². The first-order valence-electron chi connectivity index (χ1n) is 18.2. The Balaban J connectivity index is 0.000000238. The monoisotopic (exact) mass is 907 g/mol. The second-order valence-electron chi connectivity index (χ2n) is 14.1. The summed E-state index contributed by atoms with van der Waals surface area (Å²) in [5, 5.41) is 4.49. The molecular weight excluding hydrogens is 861 g/mol. The molecule has 0 atom stereocenters. The van der Waals surface area contributed by atoms with E-state index in [4.69, 9.17) is 7.16 Å². The van der Waals surface area contributed by atoms with Gasteiger partial charge in [0, 0.05) is 34.4 Å². The summed E-state index contributed by atoms with van der Waals surface area (Å²) >= 11 is -1.72. The van der Waals surface area contributed by atoms with Crippen LogP contribution in [0.5, 0.6) is 0 Å². The Morgan fingerprint density at radius 2 is 1.59 bits per heavy atom. The van der Waals surface area contributed by atoms with Crippen LogP contribution in [-0.4, -0.2) is 23.2 Å². The normalized spacial score (nSPS) is 12.3. The van der Waals surface area contributed by atoms with E-state index in [1.807, 2.05) is 63.4 Å². The Morgan fingerprint density at radius 3 is 2.33 bits per heavy atom. The number of rotatable bonds is 6. The fraction of sp³-hybridized carbons (Fsp3) is 0.174. The molecule has 8 aromatic rings. The minimum Gasteiger partial charge on any atom is 0 e. The van der Waals surface area contributed by atoms with Gasteiger partial charge in [0.05, 0.1) is 5.58 Å². The molecule has 0 aliphatic heterocycles. The van der Waals surface area contributed by atoms with Gasteiger partial charge in [0.25, 0.3) is 0 Å². The van der Waals surface area contributed by atoms with Gasteiger partial charge in [-0.2, -0.15) is 0 Å². The zero-order valence-electron chi connectivity index (χ0n) is 31.8. The molecule has 0 saturated carbocycles. The van der Waals surface area contributed by atoms with Crippen molar-refractivity contribution in [2.24, 2.45) is 5.92 Å². The summed E-state index contributed by atoms with van der Waals surface area (Å²) in [6, 6.07) is 45.8. The summed E-state index contributed by atoms with van der Waals surface area (Å²) in [6.45, 7) is 5.81. The molecule has 0 spiro atoms. The molecule has 3 aromatic heterocycles. The molecule has 0 aliphatic rings. The average Bonchev–Trinajstić information content (AvgIpc) is 3.52. The molecule has 5 aromatic carbocycles. The zero-order valence-corrected chi connectivity index (χ0v) is 34.3. The van der Waals surface area contributed by atoms with Crippen molar-refractivity contribution in [1.82, 2.24) is 9.97 Å². The van der Waals surface area contributed by atoms with Gasteiger partial charge in [-0.25, -0.2) is 0 Å². The van der Waals surface area contributed by atoms with Crippen LogP contribution in [0.3, 0.4) is 0 Å². The molecule has 0 saturated heterocycles. The third-order valence-corrected chi connectivity index (χ3v) is 13.1. The van der Waals surface area contributed by atoms with Gasteiger partial charge >= 0.3 is 99.8 Å². The number of aryl methyl sites for hydroxylation is 1. The summed E-state index contributed by atoms with van der Waals surface area (Å²) in [7, 11) is 0. The smallest absolute Gasteiger partial charge is 0 e. The largest absolute Gasteiger partial charge is 0 e. The van der Waals surface area contributed by atoms with E-state index in [9.17, 15) is 0 Å². The van der Waals surface area contributed by atoms with E-state index < -0.39 is 19.6 Å². The predicted molar refractivity (Wildman–Crippen MR) is 213 cm³/mol. The maximum absolute atomic E-state index is 8.54. The molecular formula is C46H42GeIrN2O-2. The van der Waals surface area contributed by atoms with Gasteiger partial charge in [-0.3, -0.25) is 0 Å². The van der Waals surface area contributed by atoms with Crippen molar-refractivity contribution in [3.8, 4) is 33.6 Å². The molecule has 5 heteroatoms. The molecule has 257 valence electrons. The quantitative estimate of drug-likeness (QED) is 0.123. The first-order valence-corrected chi connectivity index (χ1v) is 24.5. The van der Waals surface area contributed by atoms with Crippen LogP contribution in [0.2, 0.25) is 17.3 Å². The van der Waals surface area contributed by atoms with Crippen LogP contribution in [0.15, 0.2) is 132 Å². The van der Waals surface area contributed by atoms with Crippen LogP contribution in [-0.2, 0) is 26.5 Å². The van der Waals surface area contributed by atoms with Crippen molar-refractivity contribution < 1.29 is 27.3 Å². The van der Waals surface area contributed by atoms with E-state index in [0.717, 1.165) is 49.9 Å². The van der Waals surface area contributed by atoms with Crippen molar-refractivity contribution in [3.63, 3.8) is 0 Å². The van der Waals surface area contributed by atoms with Gasteiger partial charge in [-0.05, 0) is 58.1 Å². The first kappa shape index (κ1) is 33.8. The van der Waals surface area contributed by atoms with E-state index in [-0.39, 0.29) is 26.0 Å². The molecule has 3 heterocycles. The Labute approximate surface area is 320 Å². The zero-order chi connectivity index (χ0) is 36.6. The molecule has 0 amide bonds. The second-order valence-corrected chi connectivity index (χ2v) is 24.7. The van der Waals surface area contributed by atoms with E-state index in [1.165, 1.54) is 20.7 Å². The van der Waals surface area contributed by atoms with Crippen molar-refractivity contribution in [2.45, 2.75) is 44.4 Å². The van der Waals surface area contributed by atoms with Crippen molar-refractivity contribution >= 4 is 50.4 Å². The van der Waals surface area contributed by atoms with Gasteiger partial charge in [-0.15, -0.1) is 17.7 Å². The summed E-state index contributed by atoms with van der Waals surface area (Å²) in [4.78, 5) is 9.12. The van der Waals surface area contributed by atoms with Gasteiger partial charge < -0.3 is 9.40 Å². The molecule has 0 aliphatic carbocycles. The minimum atomic E-state index is -1.72. The molecule has 0 bridgehead atoms. The second kappa shape index (κ2) is 15.5. The number of benzene rings is 5. The van der Waals surface area contributed by atoms with Crippen molar-refractivity contribution in [1.29, 1.82) is 0 Å². The van der Waals surface area contributed by atoms with E-state index in [1.54, 1.807) is 12.3 Å². The SMILES string of the molecule is [2H]C([2H])(c1ccnc(-c2[c-]c(C)cc3c2oc2ccc(-c4cccc5ccccc45)cc23)c1)C(C)C.[CH3][Ge]([CH3])([CH3])[c]1ccc(-c2[c-]cccc2)nc1.[Ir]. The topological polar surface area (TPSA) is 38.9 Å². The Hall–Kier alpha value is -4.35. The third-order valence-electron chi connectivity index (χ3n) is 8.82. The van der Waals surface area contributed by atoms with Crippen LogP contribution in [0.4, 0.5) is 0 Å². The summed E-state index contributed by atoms with van der Waals surface area (Å²) in [5.74, 6) is 6.98. The molecule has 8 rings (SSSR count). The number of hydrogen-bond acceptors (Lipinski definition) is 3. The van der Waals surface area contributed by atoms with Crippen LogP contribution >= 0.6 is 0 Å². The Bertz CT molecular complexity index is 2520. The van der Waals surface area contributed by atoms with Crippen LogP contribution < -0.4 is 4.40 Å². The van der Waals surface area contributed by atoms with Gasteiger partial charge in [-0.1, -0.05) is 91.9 Å². The van der Waals surface area contributed by atoms with E-state index >= 15 is 0 Å². The Kier molecular flexibility index (Phi) is 10.3. The average molecular weight is 906 g/mol. The van der Waals surface area contributed by atoms with Gasteiger partial charge in [0.15, 0.2) is 0 Å².